The number of hydrogen-bond donors (Lipinski definition) is 0. The average molecular weight is 389 g/mol. The number of aryl methyl sites for hydroxylation is 2. The molecule has 0 N–H and O–H groups in total. The van der Waals surface area contributed by atoms with Crippen LogP contribution in [0.2, 0.25) is 0 Å². The predicted octanol–water partition coefficient (Wildman–Crippen LogP) is 4.01. The Labute approximate surface area is 159 Å². The van der Waals surface area contributed by atoms with E-state index in [1.54, 1.807) is 0 Å². The second-order valence-electron chi connectivity index (χ2n) is 6.81. The molecule has 146 valence electrons. The van der Waals surface area contributed by atoms with E-state index < -0.39 is 11.7 Å². The molecule has 1 aliphatic heterocycles. The number of aromatic nitrogens is 5. The number of ether oxygens (including phenoxy) is 1. The van der Waals surface area contributed by atoms with Crippen molar-refractivity contribution in [3.8, 4) is 11.4 Å². The van der Waals surface area contributed by atoms with E-state index in [4.69, 9.17) is 4.74 Å². The first-order valence-corrected chi connectivity index (χ1v) is 8.97. The Balaban J connectivity index is 1.88. The van der Waals surface area contributed by atoms with Crippen molar-refractivity contribution in [3.63, 3.8) is 0 Å². The van der Waals surface area contributed by atoms with Crippen molar-refractivity contribution >= 4 is 11.2 Å². The fourth-order valence-corrected chi connectivity index (χ4v) is 3.15. The first-order chi connectivity index (χ1) is 13.3. The first kappa shape index (κ1) is 18.7. The van der Waals surface area contributed by atoms with Crippen LogP contribution < -0.4 is 0 Å². The van der Waals surface area contributed by atoms with E-state index in [-0.39, 0.29) is 5.92 Å². The maximum absolute atomic E-state index is 12.9. The number of nitrogens with zero attached hydrogens (tertiary/aromatic N) is 5. The second kappa shape index (κ2) is 7.05. The summed E-state index contributed by atoms with van der Waals surface area (Å²) in [6.07, 6.45) is -2.07. The molecule has 0 unspecified atom stereocenters. The van der Waals surface area contributed by atoms with Crippen LogP contribution in [0.3, 0.4) is 0 Å². The van der Waals surface area contributed by atoms with Gasteiger partial charge >= 0.3 is 6.18 Å². The molecule has 0 atom stereocenters. The van der Waals surface area contributed by atoms with Gasteiger partial charge in [0.05, 0.1) is 22.6 Å². The van der Waals surface area contributed by atoms with Crippen LogP contribution in [0.1, 0.15) is 41.5 Å². The van der Waals surface area contributed by atoms with Gasteiger partial charge in [-0.05, 0) is 38.8 Å². The van der Waals surface area contributed by atoms with E-state index in [9.17, 15) is 13.2 Å². The van der Waals surface area contributed by atoms with Crippen LogP contribution in [-0.4, -0.2) is 38.1 Å². The molecule has 3 aromatic rings. The van der Waals surface area contributed by atoms with Crippen LogP contribution in [0.25, 0.3) is 22.6 Å². The molecule has 0 amide bonds. The number of fused-ring (bicyclic) bond motifs is 1. The zero-order valence-corrected chi connectivity index (χ0v) is 15.4. The molecule has 1 fully saturated rings. The molecule has 3 aromatic heterocycles. The SMILES string of the molecule is Cc1nc2nc(C3CCOCC3)nc(-c3ccc(C(F)(F)F)cn3)c2nc1C. The number of halogens is 3. The maximum Gasteiger partial charge on any atom is 0.417 e. The van der Waals surface area contributed by atoms with Gasteiger partial charge in [-0.15, -0.1) is 0 Å². The van der Waals surface area contributed by atoms with Gasteiger partial charge in [-0.1, -0.05) is 0 Å². The smallest absolute Gasteiger partial charge is 0.381 e. The Morgan fingerprint density at radius 3 is 2.32 bits per heavy atom. The molecule has 0 spiro atoms. The molecule has 28 heavy (non-hydrogen) atoms. The third kappa shape index (κ3) is 3.54. The van der Waals surface area contributed by atoms with Gasteiger partial charge in [-0.3, -0.25) is 4.98 Å². The summed E-state index contributed by atoms with van der Waals surface area (Å²) in [5.74, 6) is 0.708. The zero-order valence-electron chi connectivity index (χ0n) is 15.4. The van der Waals surface area contributed by atoms with Crippen molar-refractivity contribution in [2.45, 2.75) is 38.8 Å². The number of alkyl halides is 3. The Morgan fingerprint density at radius 2 is 1.68 bits per heavy atom. The van der Waals surface area contributed by atoms with Crippen molar-refractivity contribution in [2.24, 2.45) is 0 Å². The van der Waals surface area contributed by atoms with Crippen LogP contribution in [0, 0.1) is 13.8 Å². The Bertz CT molecular complexity index is 1010. The van der Waals surface area contributed by atoms with Gasteiger partial charge < -0.3 is 4.74 Å². The highest BCUT2D eigenvalue weighted by Crippen LogP contribution is 2.32. The number of pyridine rings is 1. The lowest BCUT2D eigenvalue weighted by atomic mass is 9.99. The van der Waals surface area contributed by atoms with E-state index in [0.717, 1.165) is 30.8 Å². The van der Waals surface area contributed by atoms with Gasteiger partial charge in [0.25, 0.3) is 0 Å². The van der Waals surface area contributed by atoms with Gasteiger partial charge in [-0.2, -0.15) is 13.2 Å². The van der Waals surface area contributed by atoms with Crippen LogP contribution in [0.5, 0.6) is 0 Å². The minimum atomic E-state index is -4.44. The summed E-state index contributed by atoms with van der Waals surface area (Å²) in [5.41, 5.74) is 2.22. The molecule has 9 heteroatoms. The van der Waals surface area contributed by atoms with Crippen LogP contribution in [0.4, 0.5) is 13.2 Å². The molecule has 4 heterocycles. The standard InChI is InChI=1S/C19H18F3N5O/c1-10-11(2)25-18-16(24-10)15(14-4-3-13(9-23-14)19(20,21)22)26-17(27-18)12-5-7-28-8-6-12/h3-4,9,12H,5-8H2,1-2H3. The third-order valence-electron chi connectivity index (χ3n) is 4.88. The third-order valence-corrected chi connectivity index (χ3v) is 4.88. The van der Waals surface area contributed by atoms with Crippen LogP contribution in [-0.2, 0) is 10.9 Å². The molecular formula is C19H18F3N5O. The van der Waals surface area contributed by atoms with Gasteiger partial charge in [0.1, 0.15) is 17.0 Å². The highest BCUT2D eigenvalue weighted by molar-refractivity contribution is 5.85. The zero-order chi connectivity index (χ0) is 19.9. The number of rotatable bonds is 2. The molecular weight excluding hydrogens is 371 g/mol. The summed E-state index contributed by atoms with van der Waals surface area (Å²) in [6, 6.07) is 2.31. The minimum Gasteiger partial charge on any atom is -0.381 e. The lowest BCUT2D eigenvalue weighted by Gasteiger charge is -2.21. The number of hydrogen-bond acceptors (Lipinski definition) is 6. The van der Waals surface area contributed by atoms with Gasteiger partial charge in [0.2, 0.25) is 0 Å². The fraction of sp³-hybridized carbons (Fsp3) is 0.421. The quantitative estimate of drug-likeness (QED) is 0.659. The Morgan fingerprint density at radius 1 is 0.964 bits per heavy atom. The topological polar surface area (TPSA) is 73.7 Å². The molecule has 0 bridgehead atoms. The van der Waals surface area contributed by atoms with Crippen molar-refractivity contribution in [1.29, 1.82) is 0 Å². The van der Waals surface area contributed by atoms with Gasteiger partial charge in [0, 0.05) is 25.3 Å². The van der Waals surface area contributed by atoms with Gasteiger partial charge in [0.15, 0.2) is 5.65 Å². The highest BCUT2D eigenvalue weighted by Gasteiger charge is 2.31. The summed E-state index contributed by atoms with van der Waals surface area (Å²) in [4.78, 5) is 22.3. The molecule has 1 aliphatic rings. The van der Waals surface area contributed by atoms with E-state index in [2.05, 4.69) is 24.9 Å². The van der Waals surface area contributed by atoms with Gasteiger partial charge in [-0.25, -0.2) is 19.9 Å². The van der Waals surface area contributed by atoms with Crippen molar-refractivity contribution in [2.75, 3.05) is 13.2 Å². The normalized spacial score (nSPS) is 15.9. The van der Waals surface area contributed by atoms with E-state index in [1.807, 2.05) is 13.8 Å². The average Bonchev–Trinajstić information content (AvgIpc) is 2.68. The molecule has 0 saturated carbocycles. The monoisotopic (exact) mass is 389 g/mol. The molecule has 0 aromatic carbocycles. The summed E-state index contributed by atoms with van der Waals surface area (Å²) >= 11 is 0. The summed E-state index contributed by atoms with van der Waals surface area (Å²) in [7, 11) is 0. The van der Waals surface area contributed by atoms with Crippen LogP contribution >= 0.6 is 0 Å². The summed E-state index contributed by atoms with van der Waals surface area (Å²) in [6.45, 7) is 4.91. The molecule has 1 saturated heterocycles. The van der Waals surface area contributed by atoms with E-state index in [1.165, 1.54) is 6.07 Å². The van der Waals surface area contributed by atoms with E-state index in [0.29, 0.717) is 47.3 Å². The second-order valence-corrected chi connectivity index (χ2v) is 6.81. The lowest BCUT2D eigenvalue weighted by Crippen LogP contribution is -2.17. The first-order valence-electron chi connectivity index (χ1n) is 8.97. The lowest BCUT2D eigenvalue weighted by molar-refractivity contribution is -0.137. The van der Waals surface area contributed by atoms with Crippen LogP contribution in [0.15, 0.2) is 18.3 Å². The summed E-state index contributed by atoms with van der Waals surface area (Å²) < 4.78 is 44.0. The highest BCUT2D eigenvalue weighted by atomic mass is 19.4. The molecule has 0 aliphatic carbocycles. The predicted molar refractivity (Wildman–Crippen MR) is 95.6 cm³/mol. The van der Waals surface area contributed by atoms with E-state index >= 15 is 0 Å². The molecule has 6 nitrogen and oxygen atoms in total. The molecule has 0 radical (unpaired) electrons. The van der Waals surface area contributed by atoms with Crippen molar-refractivity contribution in [1.82, 2.24) is 24.9 Å². The van der Waals surface area contributed by atoms with Crippen molar-refractivity contribution < 1.29 is 17.9 Å². The fourth-order valence-electron chi connectivity index (χ4n) is 3.15. The summed E-state index contributed by atoms with van der Waals surface area (Å²) in [5, 5.41) is 0. The molecule has 4 rings (SSSR count). The Hall–Kier alpha value is -2.68. The maximum atomic E-state index is 12.9. The minimum absolute atomic E-state index is 0.106. The van der Waals surface area contributed by atoms with Crippen molar-refractivity contribution in [3.05, 3.63) is 41.1 Å². The largest absolute Gasteiger partial charge is 0.417 e. The Kier molecular flexibility index (Phi) is 4.70.